The minimum absolute atomic E-state index is 0.0326. The van der Waals surface area contributed by atoms with Crippen LogP contribution >= 0.6 is 0 Å². The zero-order valence-corrected chi connectivity index (χ0v) is 23.9. The molecular formula is C30H47O10-. The molecule has 5 aliphatic rings. The molecule has 228 valence electrons. The molecule has 0 aromatic carbocycles. The first-order valence-corrected chi connectivity index (χ1v) is 15.2. The predicted octanol–water partition coefficient (Wildman–Crippen LogP) is 1.06. The van der Waals surface area contributed by atoms with Gasteiger partial charge in [-0.05, 0) is 104 Å². The van der Waals surface area contributed by atoms with Gasteiger partial charge in [-0.25, -0.2) is 0 Å². The summed E-state index contributed by atoms with van der Waals surface area (Å²) >= 11 is 0. The van der Waals surface area contributed by atoms with E-state index in [1.165, 1.54) is 0 Å². The molecule has 5 fully saturated rings. The van der Waals surface area contributed by atoms with Gasteiger partial charge in [-0.1, -0.05) is 20.8 Å². The fourth-order valence-electron chi connectivity index (χ4n) is 10.3. The van der Waals surface area contributed by atoms with Crippen molar-refractivity contribution in [2.45, 2.75) is 128 Å². The average molecular weight is 568 g/mol. The number of rotatable bonds is 7. The van der Waals surface area contributed by atoms with E-state index in [9.17, 15) is 40.2 Å². The second kappa shape index (κ2) is 11.1. The van der Waals surface area contributed by atoms with Gasteiger partial charge >= 0.3 is 5.97 Å². The lowest BCUT2D eigenvalue weighted by Gasteiger charge is -2.63. The van der Waals surface area contributed by atoms with Crippen molar-refractivity contribution in [2.75, 3.05) is 0 Å². The largest absolute Gasteiger partial charge is 0.547 e. The van der Waals surface area contributed by atoms with Crippen molar-refractivity contribution in [3.63, 3.8) is 0 Å². The Labute approximate surface area is 236 Å². The lowest BCUT2D eigenvalue weighted by molar-refractivity contribution is -0.358. The topological polar surface area (TPSA) is 177 Å². The van der Waals surface area contributed by atoms with Gasteiger partial charge in [-0.15, -0.1) is 0 Å². The summed E-state index contributed by atoms with van der Waals surface area (Å²) in [4.78, 5) is 22.8. The number of aliphatic hydroxyl groups is 4. The number of carboxylic acids is 2. The van der Waals surface area contributed by atoms with Crippen LogP contribution in [0.5, 0.6) is 0 Å². The van der Waals surface area contributed by atoms with Gasteiger partial charge in [0, 0.05) is 6.42 Å². The molecule has 15 atom stereocenters. The van der Waals surface area contributed by atoms with Crippen LogP contribution in [0.15, 0.2) is 0 Å². The summed E-state index contributed by atoms with van der Waals surface area (Å²) in [5.41, 5.74) is -0.0328. The Morgan fingerprint density at radius 2 is 1.60 bits per heavy atom. The van der Waals surface area contributed by atoms with E-state index in [1.807, 2.05) is 0 Å². The van der Waals surface area contributed by atoms with Crippen LogP contribution < -0.4 is 5.11 Å². The Kier molecular flexibility index (Phi) is 8.36. The Morgan fingerprint density at radius 1 is 0.925 bits per heavy atom. The Morgan fingerprint density at radius 3 is 2.27 bits per heavy atom. The highest BCUT2D eigenvalue weighted by Crippen LogP contribution is 2.68. The number of fused-ring (bicyclic) bond motifs is 5. The van der Waals surface area contributed by atoms with Crippen LogP contribution in [-0.2, 0) is 19.1 Å². The zero-order chi connectivity index (χ0) is 29.1. The van der Waals surface area contributed by atoms with Crippen molar-refractivity contribution >= 4 is 11.9 Å². The third-order valence-corrected chi connectivity index (χ3v) is 12.3. The number of aliphatic carboxylic acids is 2. The average Bonchev–Trinajstić information content (AvgIpc) is 3.25. The predicted molar refractivity (Wildman–Crippen MR) is 139 cm³/mol. The van der Waals surface area contributed by atoms with Crippen molar-refractivity contribution < 1.29 is 49.7 Å². The molecule has 4 saturated carbocycles. The van der Waals surface area contributed by atoms with Crippen molar-refractivity contribution in [1.29, 1.82) is 0 Å². The van der Waals surface area contributed by atoms with Crippen LogP contribution in [-0.4, -0.2) is 80.4 Å². The number of carboxylic acid groups (broad SMARTS) is 2. The van der Waals surface area contributed by atoms with Crippen molar-refractivity contribution in [2.24, 2.45) is 46.3 Å². The maximum Gasteiger partial charge on any atom is 0.303 e. The first-order chi connectivity index (χ1) is 18.8. The molecule has 10 nitrogen and oxygen atoms in total. The Hall–Kier alpha value is -1.30. The molecular weight excluding hydrogens is 520 g/mol. The highest BCUT2D eigenvalue weighted by atomic mass is 16.7. The number of carbonyl (C=O) groups is 2. The number of hydrogen-bond acceptors (Lipinski definition) is 9. The first-order valence-electron chi connectivity index (χ1n) is 15.2. The van der Waals surface area contributed by atoms with Crippen LogP contribution in [0.3, 0.4) is 0 Å². The standard InChI is InChI=1S/C30H48O10/c1-14(4-7-22(32)33)17-5-6-18-16-13-21(39-28-25(36)23(34)24(35)26(40-28)27(37)38)20-12-15(31)8-10-30(20,3)19(16)9-11-29(17,18)2/h14-21,23-26,28,31,34-36H,4-13H2,1-3H3,(H,32,33)(H,37,38)/p-1/t14-,15-,16+,17-,18+,19+,20+,21+,23+,24+,25-,26+,28-,29-,30-/m1/s1. The van der Waals surface area contributed by atoms with Gasteiger partial charge in [0.05, 0.1) is 18.2 Å². The highest BCUT2D eigenvalue weighted by Gasteiger charge is 2.63. The molecule has 5 rings (SSSR count). The maximum absolute atomic E-state index is 11.6. The molecule has 1 aliphatic heterocycles. The minimum atomic E-state index is -1.84. The maximum atomic E-state index is 11.6. The van der Waals surface area contributed by atoms with Gasteiger partial charge in [-0.2, -0.15) is 0 Å². The van der Waals surface area contributed by atoms with Crippen molar-refractivity contribution in [3.05, 3.63) is 0 Å². The molecule has 0 aromatic heterocycles. The molecule has 0 amide bonds. The molecule has 40 heavy (non-hydrogen) atoms. The van der Waals surface area contributed by atoms with Crippen molar-refractivity contribution in [3.8, 4) is 0 Å². The molecule has 0 bridgehead atoms. The fourth-order valence-corrected chi connectivity index (χ4v) is 10.3. The third kappa shape index (κ3) is 5.00. The van der Waals surface area contributed by atoms with E-state index < -0.39 is 54.9 Å². The molecule has 4 aliphatic carbocycles. The highest BCUT2D eigenvalue weighted by molar-refractivity contribution is 5.71. The molecule has 1 saturated heterocycles. The first kappa shape index (κ1) is 30.2. The molecule has 10 heteroatoms. The molecule has 0 aromatic rings. The number of ether oxygens (including phenoxy) is 2. The summed E-state index contributed by atoms with van der Waals surface area (Å²) in [7, 11) is 0. The van der Waals surface area contributed by atoms with E-state index in [4.69, 9.17) is 9.47 Å². The van der Waals surface area contributed by atoms with E-state index in [0.717, 1.165) is 32.1 Å². The van der Waals surface area contributed by atoms with E-state index >= 15 is 0 Å². The fraction of sp³-hybridized carbons (Fsp3) is 0.933. The van der Waals surface area contributed by atoms with Crippen LogP contribution in [0, 0.1) is 46.3 Å². The van der Waals surface area contributed by atoms with E-state index in [1.54, 1.807) is 0 Å². The summed E-state index contributed by atoms with van der Waals surface area (Å²) in [6.07, 6.45) is -1.50. The molecule has 0 radical (unpaired) electrons. The monoisotopic (exact) mass is 567 g/mol. The van der Waals surface area contributed by atoms with Gasteiger partial charge < -0.3 is 44.9 Å². The zero-order valence-electron chi connectivity index (χ0n) is 23.9. The lowest BCUT2D eigenvalue weighted by atomic mass is 9.43. The Balaban J connectivity index is 1.41. The van der Waals surface area contributed by atoms with Gasteiger partial charge in [0.2, 0.25) is 0 Å². The van der Waals surface area contributed by atoms with Crippen LogP contribution in [0.1, 0.15) is 85.0 Å². The SMILES string of the molecule is C[C@H](CCC(=O)O)[C@H]1CC[C@H]2[C@@H]3C[C@H](O[C@@H]4O[C@H](C(=O)[O-])[C@@H](O)[C@H](O)[C@H]4O)[C@@H]4C[C@H](O)CC[C@]4(C)[C@H]3CC[C@]12C. The summed E-state index contributed by atoms with van der Waals surface area (Å²) in [5.74, 6) is -0.528. The summed E-state index contributed by atoms with van der Waals surface area (Å²) in [6, 6.07) is 0. The number of carbonyl (C=O) groups excluding carboxylic acids is 1. The molecule has 5 N–H and O–H groups in total. The van der Waals surface area contributed by atoms with Gasteiger partial charge in [0.15, 0.2) is 6.29 Å². The van der Waals surface area contributed by atoms with Crippen LogP contribution in [0.2, 0.25) is 0 Å². The molecule has 0 unspecified atom stereocenters. The Bertz CT molecular complexity index is 959. The van der Waals surface area contributed by atoms with E-state index in [-0.39, 0.29) is 23.2 Å². The van der Waals surface area contributed by atoms with Crippen molar-refractivity contribution in [1.82, 2.24) is 0 Å². The number of hydrogen-bond donors (Lipinski definition) is 5. The molecule has 0 spiro atoms. The smallest absolute Gasteiger partial charge is 0.303 e. The van der Waals surface area contributed by atoms with Crippen LogP contribution in [0.25, 0.3) is 0 Å². The molecule has 1 heterocycles. The second-order valence-corrected chi connectivity index (χ2v) is 14.2. The normalized spacial score (nSPS) is 51.3. The quantitative estimate of drug-likeness (QED) is 0.280. The summed E-state index contributed by atoms with van der Waals surface area (Å²) in [5, 5.41) is 62.7. The van der Waals surface area contributed by atoms with E-state index in [0.29, 0.717) is 55.3 Å². The van der Waals surface area contributed by atoms with Crippen LogP contribution in [0.4, 0.5) is 0 Å². The third-order valence-electron chi connectivity index (χ3n) is 12.3. The summed E-state index contributed by atoms with van der Waals surface area (Å²) < 4.78 is 11.9. The lowest BCUT2D eigenvalue weighted by Crippen LogP contribution is -2.64. The number of aliphatic hydroxyl groups excluding tert-OH is 4. The summed E-state index contributed by atoms with van der Waals surface area (Å²) in [6.45, 7) is 6.87. The van der Waals surface area contributed by atoms with Gasteiger partial charge in [0.25, 0.3) is 0 Å². The van der Waals surface area contributed by atoms with Gasteiger partial charge in [-0.3, -0.25) is 4.79 Å². The van der Waals surface area contributed by atoms with Gasteiger partial charge in [0.1, 0.15) is 24.4 Å². The van der Waals surface area contributed by atoms with E-state index in [2.05, 4.69) is 20.8 Å². The minimum Gasteiger partial charge on any atom is -0.547 e. The second-order valence-electron chi connectivity index (χ2n) is 14.2.